The average molecular weight is 401 g/mol. The molecule has 0 radical (unpaired) electrons. The first-order valence-corrected chi connectivity index (χ1v) is 9.01. The lowest BCUT2D eigenvalue weighted by atomic mass is 9.92. The number of amides is 1. The second kappa shape index (κ2) is 8.68. The van der Waals surface area contributed by atoms with Gasteiger partial charge in [0.1, 0.15) is 23.4 Å². The zero-order chi connectivity index (χ0) is 21.0. The molecule has 1 amide bonds. The largest absolute Gasteiger partial charge is 0.467 e. The van der Waals surface area contributed by atoms with E-state index >= 15 is 0 Å². The number of hydrogen-bond acceptors (Lipinski definition) is 6. The Balaban J connectivity index is 1.82. The number of nitrogens with zero attached hydrogens (tertiary/aromatic N) is 2. The van der Waals surface area contributed by atoms with Crippen LogP contribution in [0.1, 0.15) is 35.3 Å². The molecule has 0 fully saturated rings. The highest BCUT2D eigenvalue weighted by Gasteiger charge is 2.23. The lowest BCUT2D eigenvalue weighted by Gasteiger charge is -2.25. The molecule has 0 bridgehead atoms. The van der Waals surface area contributed by atoms with Crippen LogP contribution in [-0.2, 0) is 0 Å². The SMILES string of the molecule is CNC(=O)c1cnc(OC2CCCC(/C=C(\N)c3c(F)cccc3F)=C2N)cn1. The predicted octanol–water partition coefficient (Wildman–Crippen LogP) is 2.26. The van der Waals surface area contributed by atoms with E-state index in [0.29, 0.717) is 24.1 Å². The van der Waals surface area contributed by atoms with Crippen LogP contribution in [0.4, 0.5) is 8.78 Å². The first-order chi connectivity index (χ1) is 13.9. The molecule has 1 unspecified atom stereocenters. The van der Waals surface area contributed by atoms with E-state index in [2.05, 4.69) is 15.3 Å². The number of carbonyl (C=O) groups excluding carboxylic acids is 1. The molecular formula is C20H21F2N5O2. The Morgan fingerprint density at radius 3 is 2.62 bits per heavy atom. The summed E-state index contributed by atoms with van der Waals surface area (Å²) in [6.07, 6.45) is 5.61. The van der Waals surface area contributed by atoms with E-state index in [1.807, 2.05) is 0 Å². The second-order valence-corrected chi connectivity index (χ2v) is 6.49. The lowest BCUT2D eigenvalue weighted by molar-refractivity contribution is 0.0957. The highest BCUT2D eigenvalue weighted by molar-refractivity contribution is 5.91. The van der Waals surface area contributed by atoms with Crippen molar-refractivity contribution in [3.05, 3.63) is 70.8 Å². The minimum Gasteiger partial charge on any atom is -0.467 e. The topological polar surface area (TPSA) is 116 Å². The van der Waals surface area contributed by atoms with Crippen molar-refractivity contribution in [2.45, 2.75) is 25.4 Å². The van der Waals surface area contributed by atoms with E-state index in [9.17, 15) is 13.6 Å². The van der Waals surface area contributed by atoms with Gasteiger partial charge in [-0.2, -0.15) is 0 Å². The second-order valence-electron chi connectivity index (χ2n) is 6.49. The van der Waals surface area contributed by atoms with Gasteiger partial charge in [0.05, 0.1) is 23.7 Å². The van der Waals surface area contributed by atoms with Gasteiger partial charge in [-0.3, -0.25) is 4.79 Å². The Bertz CT molecular complexity index is 953. The first kappa shape index (κ1) is 20.2. The van der Waals surface area contributed by atoms with Gasteiger partial charge in [-0.1, -0.05) is 6.07 Å². The van der Waals surface area contributed by atoms with Crippen LogP contribution < -0.4 is 21.5 Å². The number of benzene rings is 1. The number of carbonyl (C=O) groups is 1. The highest BCUT2D eigenvalue weighted by atomic mass is 19.1. The molecule has 1 aromatic heterocycles. The summed E-state index contributed by atoms with van der Waals surface area (Å²) >= 11 is 0. The van der Waals surface area contributed by atoms with Crippen molar-refractivity contribution in [1.29, 1.82) is 0 Å². The number of ether oxygens (including phenoxy) is 1. The summed E-state index contributed by atoms with van der Waals surface area (Å²) < 4.78 is 33.7. The Morgan fingerprint density at radius 2 is 2.00 bits per heavy atom. The van der Waals surface area contributed by atoms with E-state index in [0.717, 1.165) is 18.6 Å². The average Bonchev–Trinajstić information content (AvgIpc) is 2.71. The van der Waals surface area contributed by atoms with Crippen LogP contribution in [0.3, 0.4) is 0 Å². The van der Waals surface area contributed by atoms with Crippen molar-refractivity contribution in [2.24, 2.45) is 11.5 Å². The molecule has 1 aromatic carbocycles. The van der Waals surface area contributed by atoms with Gasteiger partial charge in [-0.25, -0.2) is 18.7 Å². The molecule has 0 saturated carbocycles. The molecule has 0 aliphatic heterocycles. The van der Waals surface area contributed by atoms with Gasteiger partial charge in [0.25, 0.3) is 5.91 Å². The first-order valence-electron chi connectivity index (χ1n) is 9.01. The van der Waals surface area contributed by atoms with Crippen molar-refractivity contribution in [1.82, 2.24) is 15.3 Å². The van der Waals surface area contributed by atoms with Crippen LogP contribution >= 0.6 is 0 Å². The normalized spacial score (nSPS) is 17.2. The quantitative estimate of drug-likeness (QED) is 0.708. The van der Waals surface area contributed by atoms with Crippen LogP contribution in [0.5, 0.6) is 5.88 Å². The standard InChI is InChI=1S/C20H21F2N5O2/c1-25-20(28)15-9-27-17(10-26-15)29-16-7-2-4-11(19(16)24)8-14(23)18-12(21)5-3-6-13(18)22/h3,5-6,8-10,16H,2,4,7,23-24H2,1H3,(H,25,28)/b14-8-. The highest BCUT2D eigenvalue weighted by Crippen LogP contribution is 2.28. The maximum Gasteiger partial charge on any atom is 0.271 e. The van der Waals surface area contributed by atoms with E-state index in [-0.39, 0.29) is 28.7 Å². The third-order valence-corrected chi connectivity index (χ3v) is 4.56. The number of aromatic nitrogens is 2. The molecule has 1 heterocycles. The summed E-state index contributed by atoms with van der Waals surface area (Å²) in [5.41, 5.74) is 13.1. The van der Waals surface area contributed by atoms with Crippen molar-refractivity contribution in [2.75, 3.05) is 7.05 Å². The van der Waals surface area contributed by atoms with Gasteiger partial charge < -0.3 is 21.5 Å². The molecule has 0 saturated heterocycles. The number of nitrogens with one attached hydrogen (secondary N) is 1. The Kier molecular flexibility index (Phi) is 6.06. The smallest absolute Gasteiger partial charge is 0.271 e. The fourth-order valence-electron chi connectivity index (χ4n) is 3.06. The third kappa shape index (κ3) is 4.50. The van der Waals surface area contributed by atoms with Gasteiger partial charge >= 0.3 is 0 Å². The van der Waals surface area contributed by atoms with E-state index < -0.39 is 17.7 Å². The molecule has 9 heteroatoms. The van der Waals surface area contributed by atoms with Crippen molar-refractivity contribution < 1.29 is 18.3 Å². The van der Waals surface area contributed by atoms with Crippen molar-refractivity contribution in [3.63, 3.8) is 0 Å². The molecule has 1 aliphatic rings. The maximum atomic E-state index is 14.0. The predicted molar refractivity (Wildman–Crippen MR) is 103 cm³/mol. The van der Waals surface area contributed by atoms with Gasteiger partial charge in [-0.05, 0) is 43.0 Å². The Hall–Kier alpha value is -3.49. The molecule has 5 N–H and O–H groups in total. The van der Waals surface area contributed by atoms with Crippen LogP contribution in [0.25, 0.3) is 5.70 Å². The maximum absolute atomic E-state index is 14.0. The number of allylic oxidation sites excluding steroid dienone is 2. The monoisotopic (exact) mass is 401 g/mol. The van der Waals surface area contributed by atoms with Crippen molar-refractivity contribution in [3.8, 4) is 5.88 Å². The summed E-state index contributed by atoms with van der Waals surface area (Å²) in [7, 11) is 1.50. The zero-order valence-electron chi connectivity index (χ0n) is 15.8. The van der Waals surface area contributed by atoms with Crippen LogP contribution in [0.15, 0.2) is 47.9 Å². The van der Waals surface area contributed by atoms with Gasteiger partial charge in [0, 0.05) is 12.7 Å². The van der Waals surface area contributed by atoms with Gasteiger partial charge in [0.2, 0.25) is 5.88 Å². The summed E-state index contributed by atoms with van der Waals surface area (Å²) in [6.45, 7) is 0. The van der Waals surface area contributed by atoms with Crippen LogP contribution in [-0.4, -0.2) is 29.0 Å². The molecular weight excluding hydrogens is 380 g/mol. The summed E-state index contributed by atoms with van der Waals surface area (Å²) in [6, 6.07) is 3.56. The molecule has 152 valence electrons. The molecule has 1 atom stereocenters. The number of halogens is 2. The third-order valence-electron chi connectivity index (χ3n) is 4.56. The fraction of sp³-hybridized carbons (Fsp3) is 0.250. The van der Waals surface area contributed by atoms with Crippen LogP contribution in [0, 0.1) is 11.6 Å². The molecule has 29 heavy (non-hydrogen) atoms. The summed E-state index contributed by atoms with van der Waals surface area (Å²) in [4.78, 5) is 19.6. The number of hydrogen-bond donors (Lipinski definition) is 3. The van der Waals surface area contributed by atoms with E-state index in [4.69, 9.17) is 16.2 Å². The minimum absolute atomic E-state index is 0.0473. The summed E-state index contributed by atoms with van der Waals surface area (Å²) in [5, 5.41) is 2.45. The minimum atomic E-state index is -0.743. The lowest BCUT2D eigenvalue weighted by Crippen LogP contribution is -2.29. The molecule has 7 nitrogen and oxygen atoms in total. The number of nitrogens with two attached hydrogens (primary N) is 2. The Morgan fingerprint density at radius 1 is 1.28 bits per heavy atom. The molecule has 2 aromatic rings. The Labute approximate surface area is 166 Å². The van der Waals surface area contributed by atoms with E-state index in [1.54, 1.807) is 0 Å². The van der Waals surface area contributed by atoms with Gasteiger partial charge in [0.15, 0.2) is 0 Å². The van der Waals surface area contributed by atoms with Crippen molar-refractivity contribution >= 4 is 11.6 Å². The summed E-state index contributed by atoms with van der Waals surface area (Å²) in [5.74, 6) is -1.63. The molecule has 0 spiro atoms. The van der Waals surface area contributed by atoms with Crippen LogP contribution in [0.2, 0.25) is 0 Å². The van der Waals surface area contributed by atoms with Gasteiger partial charge in [-0.15, -0.1) is 0 Å². The molecule has 1 aliphatic carbocycles. The molecule has 3 rings (SSSR count). The zero-order valence-corrected chi connectivity index (χ0v) is 15.8. The number of rotatable bonds is 5. The van der Waals surface area contributed by atoms with E-state index in [1.165, 1.54) is 31.6 Å². The fourth-order valence-corrected chi connectivity index (χ4v) is 3.06.